The minimum Gasteiger partial charge on any atom is -0.320 e. The lowest BCUT2D eigenvalue weighted by atomic mass is 10.3. The third-order valence-corrected chi connectivity index (χ3v) is 4.48. The van der Waals surface area contributed by atoms with Gasteiger partial charge in [-0.15, -0.1) is 11.3 Å². The van der Waals surface area contributed by atoms with Crippen LogP contribution in [0.25, 0.3) is 0 Å². The Labute approximate surface area is 131 Å². The quantitative estimate of drug-likeness (QED) is 0.894. The summed E-state index contributed by atoms with van der Waals surface area (Å²) < 4.78 is 0. The minimum atomic E-state index is -0.236. The number of benzene rings is 1. The Morgan fingerprint density at radius 2 is 1.86 bits per heavy atom. The van der Waals surface area contributed by atoms with E-state index in [1.165, 1.54) is 11.3 Å². The highest BCUT2D eigenvalue weighted by Crippen LogP contribution is 2.32. The molecule has 6 heteroatoms. The molecule has 1 heterocycles. The lowest BCUT2D eigenvalue weighted by Gasteiger charge is -2.05. The Morgan fingerprint density at radius 1 is 1.10 bits per heavy atom. The largest absolute Gasteiger partial charge is 0.320 e. The third kappa shape index (κ3) is 3.43. The van der Waals surface area contributed by atoms with Gasteiger partial charge >= 0.3 is 0 Å². The monoisotopic (exact) mass is 320 g/mol. The van der Waals surface area contributed by atoms with Crippen LogP contribution in [0.1, 0.15) is 22.5 Å². The summed E-state index contributed by atoms with van der Waals surface area (Å²) in [5.41, 5.74) is 0.570. The average molecular weight is 321 g/mol. The van der Waals surface area contributed by atoms with Crippen LogP contribution in [0, 0.1) is 5.92 Å². The van der Waals surface area contributed by atoms with Gasteiger partial charge in [0.2, 0.25) is 5.91 Å². The smallest absolute Gasteiger partial charge is 0.265 e. The van der Waals surface area contributed by atoms with Gasteiger partial charge < -0.3 is 10.6 Å². The van der Waals surface area contributed by atoms with Crippen molar-refractivity contribution in [1.29, 1.82) is 0 Å². The summed E-state index contributed by atoms with van der Waals surface area (Å²) in [5, 5.41) is 6.76. The molecule has 1 aliphatic carbocycles. The van der Waals surface area contributed by atoms with Crippen LogP contribution in [0.3, 0.4) is 0 Å². The van der Waals surface area contributed by atoms with E-state index in [0.29, 0.717) is 20.6 Å². The summed E-state index contributed by atoms with van der Waals surface area (Å²) in [6.07, 6.45) is 1.91. The van der Waals surface area contributed by atoms with Crippen molar-refractivity contribution in [2.24, 2.45) is 5.92 Å². The number of thiophene rings is 1. The summed E-state index contributed by atoms with van der Waals surface area (Å²) in [6, 6.07) is 10.5. The number of hydrogen-bond donors (Lipinski definition) is 2. The maximum atomic E-state index is 12.1. The molecule has 0 spiro atoms. The number of carbonyl (C=O) groups is 2. The number of halogens is 1. The highest BCUT2D eigenvalue weighted by molar-refractivity contribution is 7.18. The van der Waals surface area contributed by atoms with Crippen LogP contribution >= 0.6 is 22.9 Å². The molecule has 2 N–H and O–H groups in total. The van der Waals surface area contributed by atoms with E-state index in [1.54, 1.807) is 36.4 Å². The van der Waals surface area contributed by atoms with Crippen molar-refractivity contribution in [2.75, 3.05) is 10.6 Å². The van der Waals surface area contributed by atoms with E-state index in [0.717, 1.165) is 12.8 Å². The number of para-hydroxylation sites is 1. The van der Waals surface area contributed by atoms with Crippen molar-refractivity contribution < 1.29 is 9.59 Å². The van der Waals surface area contributed by atoms with E-state index in [-0.39, 0.29) is 17.7 Å². The summed E-state index contributed by atoms with van der Waals surface area (Å²) >= 11 is 7.26. The molecule has 0 unspecified atom stereocenters. The summed E-state index contributed by atoms with van der Waals surface area (Å²) in [6.45, 7) is 0. The maximum Gasteiger partial charge on any atom is 0.265 e. The summed E-state index contributed by atoms with van der Waals surface area (Å²) in [5.74, 6) is -0.0533. The van der Waals surface area contributed by atoms with E-state index in [1.807, 2.05) is 0 Å². The highest BCUT2D eigenvalue weighted by Gasteiger charge is 2.29. The fourth-order valence-corrected chi connectivity index (χ4v) is 2.83. The van der Waals surface area contributed by atoms with E-state index in [2.05, 4.69) is 10.6 Å². The fourth-order valence-electron chi connectivity index (χ4n) is 1.84. The third-order valence-electron chi connectivity index (χ3n) is 3.15. The number of carbonyl (C=O) groups excluding carboxylic acids is 2. The highest BCUT2D eigenvalue weighted by atomic mass is 35.5. The average Bonchev–Trinajstić information content (AvgIpc) is 3.22. The Morgan fingerprint density at radius 3 is 2.57 bits per heavy atom. The molecule has 1 aromatic heterocycles. The van der Waals surface area contributed by atoms with Crippen LogP contribution < -0.4 is 10.6 Å². The molecule has 1 aromatic carbocycles. The van der Waals surface area contributed by atoms with Crippen LogP contribution in [0.15, 0.2) is 36.4 Å². The van der Waals surface area contributed by atoms with Gasteiger partial charge in [0.25, 0.3) is 5.91 Å². The molecule has 3 rings (SSSR count). The number of rotatable bonds is 4. The zero-order chi connectivity index (χ0) is 14.8. The number of anilines is 2. The van der Waals surface area contributed by atoms with Crippen LogP contribution in [0.4, 0.5) is 10.7 Å². The van der Waals surface area contributed by atoms with Crippen molar-refractivity contribution >= 4 is 45.4 Å². The molecule has 0 radical (unpaired) electrons. The number of amides is 2. The van der Waals surface area contributed by atoms with E-state index >= 15 is 0 Å². The van der Waals surface area contributed by atoms with E-state index in [4.69, 9.17) is 11.6 Å². The molecule has 2 amide bonds. The van der Waals surface area contributed by atoms with Gasteiger partial charge in [0, 0.05) is 5.92 Å². The van der Waals surface area contributed by atoms with Crippen molar-refractivity contribution in [3.63, 3.8) is 0 Å². The lowest BCUT2D eigenvalue weighted by Crippen LogP contribution is -2.12. The molecular weight excluding hydrogens is 308 g/mol. The van der Waals surface area contributed by atoms with Crippen LogP contribution in [-0.4, -0.2) is 11.8 Å². The Kier molecular flexibility index (Phi) is 3.94. The van der Waals surface area contributed by atoms with Gasteiger partial charge in [0.15, 0.2) is 0 Å². The molecule has 1 aliphatic rings. The van der Waals surface area contributed by atoms with Crippen LogP contribution in [0.5, 0.6) is 0 Å². The topological polar surface area (TPSA) is 58.2 Å². The van der Waals surface area contributed by atoms with Gasteiger partial charge in [-0.25, -0.2) is 0 Å². The van der Waals surface area contributed by atoms with Gasteiger partial charge in [0.1, 0.15) is 0 Å². The first-order valence-corrected chi connectivity index (χ1v) is 7.79. The standard InChI is InChI=1S/C15H13ClN2O2S/c16-10-3-1-2-4-11(10)17-15(20)12-7-8-13(21-12)18-14(19)9-5-6-9/h1-4,7-9H,5-6H2,(H,17,20)(H,18,19). The lowest BCUT2D eigenvalue weighted by molar-refractivity contribution is -0.117. The second-order valence-electron chi connectivity index (χ2n) is 4.86. The van der Waals surface area contributed by atoms with Crippen molar-refractivity contribution in [3.8, 4) is 0 Å². The molecule has 1 saturated carbocycles. The van der Waals surface area contributed by atoms with Crippen LogP contribution in [-0.2, 0) is 4.79 Å². The zero-order valence-corrected chi connectivity index (χ0v) is 12.6. The first kappa shape index (κ1) is 14.1. The molecule has 0 atom stereocenters. The van der Waals surface area contributed by atoms with Crippen molar-refractivity contribution in [3.05, 3.63) is 46.3 Å². The van der Waals surface area contributed by atoms with Gasteiger partial charge in [-0.1, -0.05) is 23.7 Å². The number of nitrogens with one attached hydrogen (secondary N) is 2. The summed E-state index contributed by atoms with van der Waals surface area (Å²) in [4.78, 5) is 24.3. The maximum absolute atomic E-state index is 12.1. The molecule has 0 aliphatic heterocycles. The van der Waals surface area contributed by atoms with Gasteiger partial charge in [-0.05, 0) is 37.1 Å². The Bertz CT molecular complexity index is 694. The van der Waals surface area contributed by atoms with Gasteiger partial charge in [0.05, 0.1) is 20.6 Å². The Hall–Kier alpha value is -1.85. The van der Waals surface area contributed by atoms with Gasteiger partial charge in [-0.2, -0.15) is 0 Å². The molecule has 0 bridgehead atoms. The van der Waals surface area contributed by atoms with Crippen molar-refractivity contribution in [2.45, 2.75) is 12.8 Å². The fraction of sp³-hybridized carbons (Fsp3) is 0.200. The molecule has 1 fully saturated rings. The SMILES string of the molecule is O=C(Nc1ccccc1Cl)c1ccc(NC(=O)C2CC2)s1. The molecule has 2 aromatic rings. The Balaban J connectivity index is 1.66. The minimum absolute atomic E-state index is 0.0370. The molecule has 4 nitrogen and oxygen atoms in total. The second-order valence-corrected chi connectivity index (χ2v) is 6.35. The predicted molar refractivity (Wildman–Crippen MR) is 85.1 cm³/mol. The molecule has 108 valence electrons. The van der Waals surface area contributed by atoms with Crippen molar-refractivity contribution in [1.82, 2.24) is 0 Å². The summed E-state index contributed by atoms with van der Waals surface area (Å²) in [7, 11) is 0. The first-order chi connectivity index (χ1) is 10.1. The van der Waals surface area contributed by atoms with E-state index < -0.39 is 0 Å². The molecular formula is C15H13ClN2O2S. The van der Waals surface area contributed by atoms with E-state index in [9.17, 15) is 9.59 Å². The second kappa shape index (κ2) is 5.87. The molecule has 21 heavy (non-hydrogen) atoms. The normalized spacial score (nSPS) is 13.8. The predicted octanol–water partition coefficient (Wildman–Crippen LogP) is 4.00. The zero-order valence-electron chi connectivity index (χ0n) is 11.1. The van der Waals surface area contributed by atoms with Crippen LogP contribution in [0.2, 0.25) is 5.02 Å². The van der Waals surface area contributed by atoms with Gasteiger partial charge in [-0.3, -0.25) is 9.59 Å². The molecule has 0 saturated heterocycles. The number of hydrogen-bond acceptors (Lipinski definition) is 3. The first-order valence-electron chi connectivity index (χ1n) is 6.60.